The number of hydrogen-bond donors (Lipinski definition) is 1. The molecule has 4 nitrogen and oxygen atoms in total. The average Bonchev–Trinajstić information content (AvgIpc) is 2.57. The molecule has 1 amide bonds. The number of carbonyl (C=O) groups excluding carboxylic acids is 1. The second kappa shape index (κ2) is 4.31. The van der Waals surface area contributed by atoms with E-state index in [2.05, 4.69) is 4.98 Å². The van der Waals surface area contributed by atoms with E-state index >= 15 is 0 Å². The molecule has 0 aromatic carbocycles. The van der Waals surface area contributed by atoms with Gasteiger partial charge in [0.15, 0.2) is 0 Å². The normalized spacial score (nSPS) is 9.23. The summed E-state index contributed by atoms with van der Waals surface area (Å²) in [6, 6.07) is 5.60. The Balaban J connectivity index is 2.47. The van der Waals surface area contributed by atoms with E-state index in [9.17, 15) is 4.79 Å². The summed E-state index contributed by atoms with van der Waals surface area (Å²) >= 11 is 0. The van der Waals surface area contributed by atoms with Crippen LogP contribution in [0.25, 0.3) is 0 Å². The summed E-state index contributed by atoms with van der Waals surface area (Å²) in [7, 11) is 1.68. The summed E-state index contributed by atoms with van der Waals surface area (Å²) < 4.78 is 0. The molecule has 0 saturated carbocycles. The molecule has 0 aliphatic carbocycles. The summed E-state index contributed by atoms with van der Waals surface area (Å²) in [5.74, 6) is -0.155. The molecule has 0 atom stereocenters. The Morgan fingerprint density at radius 3 is 3.08 bits per heavy atom. The van der Waals surface area contributed by atoms with E-state index in [1.807, 2.05) is 18.2 Å². The van der Waals surface area contributed by atoms with Gasteiger partial charge in [0.25, 0.3) is 0 Å². The van der Waals surface area contributed by atoms with Gasteiger partial charge in [-0.3, -0.25) is 4.79 Å². The van der Waals surface area contributed by atoms with Gasteiger partial charge in [0.1, 0.15) is 6.42 Å². The van der Waals surface area contributed by atoms with Crippen molar-refractivity contribution in [1.82, 2.24) is 9.88 Å². The van der Waals surface area contributed by atoms with Gasteiger partial charge in [-0.1, -0.05) is 0 Å². The Hall–Kier alpha value is -1.76. The van der Waals surface area contributed by atoms with Crippen LogP contribution in [0.1, 0.15) is 12.1 Å². The van der Waals surface area contributed by atoms with Gasteiger partial charge in [-0.05, 0) is 12.1 Å². The lowest BCUT2D eigenvalue weighted by Crippen LogP contribution is -2.25. The maximum Gasteiger partial charge on any atom is 0.236 e. The first-order valence-electron chi connectivity index (χ1n) is 3.97. The van der Waals surface area contributed by atoms with Gasteiger partial charge in [-0.15, -0.1) is 0 Å². The molecule has 0 spiro atoms. The Morgan fingerprint density at radius 1 is 1.77 bits per heavy atom. The largest absolute Gasteiger partial charge is 0.364 e. The van der Waals surface area contributed by atoms with E-state index in [0.717, 1.165) is 5.69 Å². The first-order chi connectivity index (χ1) is 6.24. The highest BCUT2D eigenvalue weighted by atomic mass is 16.2. The Morgan fingerprint density at radius 2 is 2.54 bits per heavy atom. The van der Waals surface area contributed by atoms with Gasteiger partial charge in [-0.2, -0.15) is 5.26 Å². The number of carbonyl (C=O) groups is 1. The number of hydrogen-bond acceptors (Lipinski definition) is 2. The highest BCUT2D eigenvalue weighted by Crippen LogP contribution is 2.00. The number of aromatic nitrogens is 1. The molecule has 68 valence electrons. The van der Waals surface area contributed by atoms with Crippen LogP contribution >= 0.6 is 0 Å². The SMILES string of the molecule is CN(Cc1ccc[nH]1)C(=O)CC#N. The van der Waals surface area contributed by atoms with Crippen LogP contribution in [-0.4, -0.2) is 22.8 Å². The van der Waals surface area contributed by atoms with Gasteiger partial charge >= 0.3 is 0 Å². The average molecular weight is 177 g/mol. The number of nitriles is 1. The minimum absolute atomic E-state index is 0.0583. The third-order valence-electron chi connectivity index (χ3n) is 1.73. The number of nitrogens with one attached hydrogen (secondary N) is 1. The monoisotopic (exact) mass is 177 g/mol. The second-order valence-electron chi connectivity index (χ2n) is 2.78. The zero-order valence-electron chi connectivity index (χ0n) is 7.45. The van der Waals surface area contributed by atoms with E-state index in [-0.39, 0.29) is 12.3 Å². The zero-order valence-corrected chi connectivity index (χ0v) is 7.45. The second-order valence-corrected chi connectivity index (χ2v) is 2.78. The summed E-state index contributed by atoms with van der Waals surface area (Å²) in [4.78, 5) is 15.7. The highest BCUT2D eigenvalue weighted by molar-refractivity contribution is 5.77. The van der Waals surface area contributed by atoms with Crippen LogP contribution in [0.15, 0.2) is 18.3 Å². The molecule has 0 radical (unpaired) electrons. The predicted molar refractivity (Wildman–Crippen MR) is 47.5 cm³/mol. The molecular weight excluding hydrogens is 166 g/mol. The van der Waals surface area contributed by atoms with Crippen LogP contribution < -0.4 is 0 Å². The number of aromatic amines is 1. The lowest BCUT2D eigenvalue weighted by molar-refractivity contribution is -0.129. The first-order valence-corrected chi connectivity index (χ1v) is 3.97. The van der Waals surface area contributed by atoms with Crippen molar-refractivity contribution in [2.45, 2.75) is 13.0 Å². The summed E-state index contributed by atoms with van der Waals surface area (Å²) in [6.45, 7) is 0.521. The maximum absolute atomic E-state index is 11.2. The van der Waals surface area contributed by atoms with Crippen molar-refractivity contribution in [3.05, 3.63) is 24.0 Å². The molecule has 0 aliphatic rings. The molecular formula is C9H11N3O. The third-order valence-corrected chi connectivity index (χ3v) is 1.73. The molecule has 0 saturated heterocycles. The van der Waals surface area contributed by atoms with Crippen LogP contribution in [-0.2, 0) is 11.3 Å². The van der Waals surface area contributed by atoms with Gasteiger partial charge in [0.05, 0.1) is 12.6 Å². The first kappa shape index (κ1) is 9.33. The molecule has 0 aliphatic heterocycles. The van der Waals surface area contributed by atoms with Crippen molar-refractivity contribution in [3.8, 4) is 6.07 Å². The van der Waals surface area contributed by atoms with Crippen LogP contribution in [0.4, 0.5) is 0 Å². The summed E-state index contributed by atoms with van der Waals surface area (Å²) in [5.41, 5.74) is 0.966. The Labute approximate surface area is 76.8 Å². The Bertz CT molecular complexity index is 310. The number of amides is 1. The number of H-pyrrole nitrogens is 1. The fourth-order valence-corrected chi connectivity index (χ4v) is 1.01. The minimum atomic E-state index is -0.155. The molecule has 4 heteroatoms. The van der Waals surface area contributed by atoms with Crippen molar-refractivity contribution in [2.24, 2.45) is 0 Å². The van der Waals surface area contributed by atoms with E-state index < -0.39 is 0 Å². The van der Waals surface area contributed by atoms with Gasteiger partial charge in [0, 0.05) is 18.9 Å². The van der Waals surface area contributed by atoms with E-state index in [4.69, 9.17) is 5.26 Å². The van der Waals surface area contributed by atoms with Crippen LogP contribution in [0.5, 0.6) is 0 Å². The molecule has 0 fully saturated rings. The van der Waals surface area contributed by atoms with Gasteiger partial charge in [0.2, 0.25) is 5.91 Å². The molecule has 1 heterocycles. The predicted octanol–water partition coefficient (Wildman–Crippen LogP) is 0.887. The number of nitrogens with zero attached hydrogens (tertiary/aromatic N) is 2. The molecule has 0 bridgehead atoms. The maximum atomic E-state index is 11.2. The van der Waals surface area contributed by atoms with E-state index in [1.54, 1.807) is 13.2 Å². The van der Waals surface area contributed by atoms with Crippen LogP contribution in [0, 0.1) is 11.3 Å². The standard InChI is InChI=1S/C9H11N3O/c1-12(9(13)4-5-10)7-8-3-2-6-11-8/h2-3,6,11H,4,7H2,1H3. The van der Waals surface area contributed by atoms with Crippen molar-refractivity contribution in [3.63, 3.8) is 0 Å². The molecule has 1 aromatic rings. The smallest absolute Gasteiger partial charge is 0.236 e. The molecule has 1 N–H and O–H groups in total. The fraction of sp³-hybridized carbons (Fsp3) is 0.333. The Kier molecular flexibility index (Phi) is 3.09. The van der Waals surface area contributed by atoms with Crippen molar-refractivity contribution in [2.75, 3.05) is 7.05 Å². The highest BCUT2D eigenvalue weighted by Gasteiger charge is 2.07. The van der Waals surface area contributed by atoms with Crippen LogP contribution in [0.3, 0.4) is 0 Å². The topological polar surface area (TPSA) is 59.9 Å². The lowest BCUT2D eigenvalue weighted by Gasteiger charge is -2.13. The van der Waals surface area contributed by atoms with Crippen molar-refractivity contribution in [1.29, 1.82) is 5.26 Å². The molecule has 1 aromatic heterocycles. The van der Waals surface area contributed by atoms with Crippen molar-refractivity contribution < 1.29 is 4.79 Å². The summed E-state index contributed by atoms with van der Waals surface area (Å²) in [5, 5.41) is 8.31. The lowest BCUT2D eigenvalue weighted by atomic mass is 10.3. The molecule has 13 heavy (non-hydrogen) atoms. The number of rotatable bonds is 3. The fourth-order valence-electron chi connectivity index (χ4n) is 1.01. The molecule has 0 unspecified atom stereocenters. The molecule has 1 rings (SSSR count). The minimum Gasteiger partial charge on any atom is -0.364 e. The van der Waals surface area contributed by atoms with E-state index in [0.29, 0.717) is 6.54 Å². The van der Waals surface area contributed by atoms with Crippen molar-refractivity contribution >= 4 is 5.91 Å². The quantitative estimate of drug-likeness (QED) is 0.745. The third kappa shape index (κ3) is 2.64. The van der Waals surface area contributed by atoms with E-state index in [1.165, 1.54) is 4.90 Å². The zero-order chi connectivity index (χ0) is 9.68. The summed E-state index contributed by atoms with van der Waals surface area (Å²) in [6.07, 6.45) is 1.75. The van der Waals surface area contributed by atoms with Gasteiger partial charge < -0.3 is 9.88 Å². The van der Waals surface area contributed by atoms with Gasteiger partial charge in [-0.25, -0.2) is 0 Å². The van der Waals surface area contributed by atoms with Crippen LogP contribution in [0.2, 0.25) is 0 Å².